The van der Waals surface area contributed by atoms with Crippen LogP contribution in [0.15, 0.2) is 0 Å². The van der Waals surface area contributed by atoms with Crippen LogP contribution in [0.5, 0.6) is 0 Å². The molecule has 1 unspecified atom stereocenters. The molecule has 2 heteroatoms. The molecule has 0 bridgehead atoms. The fourth-order valence-corrected chi connectivity index (χ4v) is 1.77. The number of hydrogen-bond acceptors (Lipinski definition) is 1. The van der Waals surface area contributed by atoms with Crippen LogP contribution in [0.25, 0.3) is 5.32 Å². The van der Waals surface area contributed by atoms with Gasteiger partial charge < -0.3 is 10.6 Å². The summed E-state index contributed by atoms with van der Waals surface area (Å²) < 4.78 is 0. The lowest BCUT2D eigenvalue weighted by atomic mass is 9.87. The lowest BCUT2D eigenvalue weighted by Gasteiger charge is -2.34. The minimum Gasteiger partial charge on any atom is -0.662 e. The summed E-state index contributed by atoms with van der Waals surface area (Å²) in [6.45, 7) is 9.90. The molecule has 0 saturated carbocycles. The lowest BCUT2D eigenvalue weighted by Crippen LogP contribution is -2.46. The van der Waals surface area contributed by atoms with Crippen molar-refractivity contribution >= 4 is 0 Å². The van der Waals surface area contributed by atoms with E-state index >= 15 is 0 Å². The highest BCUT2D eigenvalue weighted by molar-refractivity contribution is 5.01. The van der Waals surface area contributed by atoms with Crippen molar-refractivity contribution < 1.29 is 0 Å². The molecule has 0 aromatic rings. The Morgan fingerprint density at radius 3 is 2.73 bits per heavy atom. The molecule has 1 heterocycles. The zero-order valence-electron chi connectivity index (χ0n) is 7.85. The molecule has 0 radical (unpaired) electrons. The third kappa shape index (κ3) is 2.17. The van der Waals surface area contributed by atoms with Gasteiger partial charge in [0, 0.05) is 5.54 Å². The summed E-state index contributed by atoms with van der Waals surface area (Å²) in [6, 6.07) is 0. The molecule has 1 aliphatic rings. The molecule has 1 aliphatic heterocycles. The molecule has 1 atom stereocenters. The highest BCUT2D eigenvalue weighted by Crippen LogP contribution is 2.27. The Balaban J connectivity index is 2.41. The first kappa shape index (κ1) is 9.01. The van der Waals surface area contributed by atoms with Gasteiger partial charge >= 0.3 is 0 Å². The summed E-state index contributed by atoms with van der Waals surface area (Å²) in [5.74, 6) is 0.752. The van der Waals surface area contributed by atoms with Gasteiger partial charge in [0.15, 0.2) is 0 Å². The molecular formula is C9H19N2-. The molecule has 1 fully saturated rings. The van der Waals surface area contributed by atoms with Gasteiger partial charge in [-0.05, 0) is 26.3 Å². The van der Waals surface area contributed by atoms with E-state index in [0.29, 0.717) is 0 Å². The van der Waals surface area contributed by atoms with Gasteiger partial charge in [0.05, 0.1) is 0 Å². The van der Waals surface area contributed by atoms with Crippen LogP contribution in [-0.4, -0.2) is 25.2 Å². The number of rotatable bonds is 3. The van der Waals surface area contributed by atoms with Gasteiger partial charge in [-0.15, -0.1) is 13.1 Å². The van der Waals surface area contributed by atoms with E-state index in [2.05, 4.69) is 31.4 Å². The van der Waals surface area contributed by atoms with E-state index in [9.17, 15) is 0 Å². The summed E-state index contributed by atoms with van der Waals surface area (Å²) in [7, 11) is 0. The van der Waals surface area contributed by atoms with Crippen LogP contribution in [-0.2, 0) is 0 Å². The molecule has 66 valence electrons. The van der Waals surface area contributed by atoms with E-state index < -0.39 is 0 Å². The fourth-order valence-electron chi connectivity index (χ4n) is 1.77. The van der Waals surface area contributed by atoms with E-state index in [1.165, 1.54) is 6.42 Å². The molecule has 1 rings (SSSR count). The van der Waals surface area contributed by atoms with E-state index in [0.717, 1.165) is 25.6 Å². The predicted octanol–water partition coefficient (Wildman–Crippen LogP) is 1.77. The Kier molecular flexibility index (Phi) is 2.90. The van der Waals surface area contributed by atoms with Crippen LogP contribution in [0.4, 0.5) is 0 Å². The van der Waals surface area contributed by atoms with Crippen LogP contribution in [0, 0.1) is 5.92 Å². The Hall–Kier alpha value is -0.0800. The minimum atomic E-state index is 0.286. The van der Waals surface area contributed by atoms with Gasteiger partial charge in [-0.2, -0.15) is 0 Å². The monoisotopic (exact) mass is 155 g/mol. The molecule has 0 spiro atoms. The second-order valence-electron chi connectivity index (χ2n) is 3.87. The SMILES string of the molecule is CCNC(C)(C)C1CC[N-]C1. The van der Waals surface area contributed by atoms with Crippen molar-refractivity contribution in [3.05, 3.63) is 5.32 Å². The van der Waals surface area contributed by atoms with Crippen LogP contribution >= 0.6 is 0 Å². The average molecular weight is 155 g/mol. The summed E-state index contributed by atoms with van der Waals surface area (Å²) in [5.41, 5.74) is 0.286. The largest absolute Gasteiger partial charge is 0.662 e. The van der Waals surface area contributed by atoms with E-state index in [4.69, 9.17) is 0 Å². The first-order valence-electron chi connectivity index (χ1n) is 4.55. The summed E-state index contributed by atoms with van der Waals surface area (Å²) >= 11 is 0. The number of nitrogens with one attached hydrogen (secondary N) is 1. The molecule has 0 aromatic carbocycles. The van der Waals surface area contributed by atoms with E-state index in [-0.39, 0.29) is 5.54 Å². The molecule has 0 aromatic heterocycles. The smallest absolute Gasteiger partial charge is 0.0136 e. The topological polar surface area (TPSA) is 26.1 Å². The van der Waals surface area contributed by atoms with Crippen LogP contribution in [0.3, 0.4) is 0 Å². The van der Waals surface area contributed by atoms with Crippen LogP contribution in [0.1, 0.15) is 27.2 Å². The maximum atomic E-state index is 4.37. The molecule has 0 aliphatic carbocycles. The van der Waals surface area contributed by atoms with Gasteiger partial charge in [-0.1, -0.05) is 13.3 Å². The van der Waals surface area contributed by atoms with Crippen molar-refractivity contribution in [3.8, 4) is 0 Å². The highest BCUT2D eigenvalue weighted by Gasteiger charge is 2.26. The first-order chi connectivity index (χ1) is 5.17. The Labute approximate surface area is 69.8 Å². The molecular weight excluding hydrogens is 136 g/mol. The van der Waals surface area contributed by atoms with E-state index in [1.54, 1.807) is 0 Å². The molecule has 0 amide bonds. The Morgan fingerprint density at radius 1 is 1.55 bits per heavy atom. The predicted molar refractivity (Wildman–Crippen MR) is 49.0 cm³/mol. The number of hydrogen-bond donors (Lipinski definition) is 1. The summed E-state index contributed by atoms with van der Waals surface area (Å²) in [5, 5.41) is 7.88. The van der Waals surface area contributed by atoms with Crippen molar-refractivity contribution in [2.75, 3.05) is 19.6 Å². The highest BCUT2D eigenvalue weighted by atomic mass is 15.0. The van der Waals surface area contributed by atoms with Gasteiger partial charge in [-0.3, -0.25) is 0 Å². The zero-order valence-corrected chi connectivity index (χ0v) is 7.85. The quantitative estimate of drug-likeness (QED) is 0.660. The zero-order chi connectivity index (χ0) is 8.32. The van der Waals surface area contributed by atoms with Crippen LogP contribution in [0.2, 0.25) is 0 Å². The van der Waals surface area contributed by atoms with Crippen molar-refractivity contribution in [2.24, 2.45) is 5.92 Å². The lowest BCUT2D eigenvalue weighted by molar-refractivity contribution is 0.279. The van der Waals surface area contributed by atoms with Gasteiger partial charge in [0.25, 0.3) is 0 Å². The standard InChI is InChI=1S/C9H19N2/c1-4-11-9(2,3)8-5-6-10-7-8/h8,11H,4-7H2,1-3H3/q-1. The Bertz CT molecular complexity index is 115. The summed E-state index contributed by atoms with van der Waals surface area (Å²) in [4.78, 5) is 0. The van der Waals surface area contributed by atoms with Crippen molar-refractivity contribution in [1.82, 2.24) is 5.32 Å². The van der Waals surface area contributed by atoms with Crippen molar-refractivity contribution in [3.63, 3.8) is 0 Å². The minimum absolute atomic E-state index is 0.286. The molecule has 1 N–H and O–H groups in total. The molecule has 2 nitrogen and oxygen atoms in total. The summed E-state index contributed by atoms with van der Waals surface area (Å²) in [6.07, 6.45) is 1.26. The number of nitrogens with zero attached hydrogens (tertiary/aromatic N) is 1. The van der Waals surface area contributed by atoms with Gasteiger partial charge in [0.2, 0.25) is 0 Å². The Morgan fingerprint density at radius 2 is 2.27 bits per heavy atom. The normalized spacial score (nSPS) is 25.9. The fraction of sp³-hybridized carbons (Fsp3) is 1.00. The second-order valence-corrected chi connectivity index (χ2v) is 3.87. The van der Waals surface area contributed by atoms with Crippen LogP contribution < -0.4 is 5.32 Å². The van der Waals surface area contributed by atoms with Crippen molar-refractivity contribution in [1.29, 1.82) is 0 Å². The first-order valence-corrected chi connectivity index (χ1v) is 4.55. The molecule has 1 saturated heterocycles. The average Bonchev–Trinajstić information content (AvgIpc) is 2.37. The third-order valence-corrected chi connectivity index (χ3v) is 2.64. The third-order valence-electron chi connectivity index (χ3n) is 2.64. The van der Waals surface area contributed by atoms with Gasteiger partial charge in [0.1, 0.15) is 0 Å². The van der Waals surface area contributed by atoms with E-state index in [1.807, 2.05) is 0 Å². The molecule has 11 heavy (non-hydrogen) atoms. The maximum Gasteiger partial charge on any atom is 0.0136 e. The second kappa shape index (κ2) is 3.55. The van der Waals surface area contributed by atoms with Gasteiger partial charge in [-0.25, -0.2) is 0 Å². The maximum absolute atomic E-state index is 4.37. The van der Waals surface area contributed by atoms with Crippen molar-refractivity contribution in [2.45, 2.75) is 32.7 Å².